The molecular formula is C17H31N3. The minimum absolute atomic E-state index is 0.650. The molecule has 0 amide bonds. The number of nitrogens with zero attached hydrogens (tertiary/aromatic N) is 2. The van der Waals surface area contributed by atoms with E-state index < -0.39 is 0 Å². The van der Waals surface area contributed by atoms with E-state index in [1.165, 1.54) is 44.2 Å². The first-order valence-electron chi connectivity index (χ1n) is 8.48. The molecule has 1 aliphatic rings. The molecule has 114 valence electrons. The van der Waals surface area contributed by atoms with Gasteiger partial charge in [-0.3, -0.25) is 4.68 Å². The van der Waals surface area contributed by atoms with Crippen LogP contribution >= 0.6 is 0 Å². The minimum Gasteiger partial charge on any atom is -0.314 e. The molecule has 0 radical (unpaired) electrons. The zero-order chi connectivity index (χ0) is 14.4. The zero-order valence-electron chi connectivity index (χ0n) is 13.4. The second kappa shape index (κ2) is 7.82. The van der Waals surface area contributed by atoms with Gasteiger partial charge in [0.1, 0.15) is 0 Å². The molecule has 0 aliphatic heterocycles. The summed E-state index contributed by atoms with van der Waals surface area (Å²) in [6.07, 6.45) is 11.2. The predicted octanol–water partition coefficient (Wildman–Crippen LogP) is 3.96. The third kappa shape index (κ3) is 4.34. The van der Waals surface area contributed by atoms with Gasteiger partial charge in [-0.05, 0) is 50.6 Å². The first-order chi connectivity index (χ1) is 9.70. The van der Waals surface area contributed by atoms with Crippen LogP contribution in [0.4, 0.5) is 0 Å². The second-order valence-electron chi connectivity index (χ2n) is 6.53. The van der Waals surface area contributed by atoms with Crippen molar-refractivity contribution < 1.29 is 0 Å². The molecule has 1 unspecified atom stereocenters. The summed E-state index contributed by atoms with van der Waals surface area (Å²) in [5, 5.41) is 8.37. The molecule has 0 aromatic carbocycles. The third-order valence-electron chi connectivity index (χ3n) is 4.58. The van der Waals surface area contributed by atoms with Gasteiger partial charge in [0.15, 0.2) is 0 Å². The van der Waals surface area contributed by atoms with Gasteiger partial charge in [-0.15, -0.1) is 0 Å². The van der Waals surface area contributed by atoms with Crippen LogP contribution in [0.1, 0.15) is 71.0 Å². The highest BCUT2D eigenvalue weighted by Crippen LogP contribution is 2.28. The largest absolute Gasteiger partial charge is 0.314 e. The smallest absolute Gasteiger partial charge is 0.0624 e. The van der Waals surface area contributed by atoms with Crippen molar-refractivity contribution in [1.82, 2.24) is 15.1 Å². The van der Waals surface area contributed by atoms with Crippen LogP contribution in [-0.2, 0) is 6.42 Å². The van der Waals surface area contributed by atoms with Crippen molar-refractivity contribution in [1.29, 1.82) is 0 Å². The van der Waals surface area contributed by atoms with E-state index >= 15 is 0 Å². The van der Waals surface area contributed by atoms with Gasteiger partial charge in [0.05, 0.1) is 11.7 Å². The fraction of sp³-hybridized carbons (Fsp3) is 0.824. The van der Waals surface area contributed by atoms with Crippen LogP contribution in [0.15, 0.2) is 12.3 Å². The highest BCUT2D eigenvalue weighted by molar-refractivity contribution is 5.00. The number of nitrogens with one attached hydrogen (secondary N) is 1. The van der Waals surface area contributed by atoms with Crippen molar-refractivity contribution in [2.45, 2.75) is 77.8 Å². The second-order valence-corrected chi connectivity index (χ2v) is 6.53. The Hall–Kier alpha value is -0.830. The van der Waals surface area contributed by atoms with Gasteiger partial charge in [-0.25, -0.2) is 0 Å². The van der Waals surface area contributed by atoms with Gasteiger partial charge < -0.3 is 5.32 Å². The molecule has 3 nitrogen and oxygen atoms in total. The van der Waals surface area contributed by atoms with Crippen LogP contribution < -0.4 is 5.32 Å². The molecule has 1 fully saturated rings. The van der Waals surface area contributed by atoms with Gasteiger partial charge in [-0.1, -0.05) is 33.6 Å². The van der Waals surface area contributed by atoms with E-state index in [0.29, 0.717) is 18.0 Å². The molecule has 1 N–H and O–H groups in total. The lowest BCUT2D eigenvalue weighted by Gasteiger charge is -2.21. The van der Waals surface area contributed by atoms with E-state index in [0.717, 1.165) is 13.0 Å². The van der Waals surface area contributed by atoms with Gasteiger partial charge >= 0.3 is 0 Å². The zero-order valence-corrected chi connectivity index (χ0v) is 13.4. The van der Waals surface area contributed by atoms with Crippen LogP contribution in [-0.4, -0.2) is 22.4 Å². The van der Waals surface area contributed by atoms with Crippen LogP contribution in [0.5, 0.6) is 0 Å². The van der Waals surface area contributed by atoms with E-state index in [2.05, 4.69) is 43.0 Å². The van der Waals surface area contributed by atoms with E-state index in [9.17, 15) is 0 Å². The quantitative estimate of drug-likeness (QED) is 0.779. The minimum atomic E-state index is 0.650. The van der Waals surface area contributed by atoms with Crippen LogP contribution in [0.3, 0.4) is 0 Å². The highest BCUT2D eigenvalue weighted by Gasteiger charge is 2.17. The number of aryl methyl sites for hydroxylation is 1. The highest BCUT2D eigenvalue weighted by atomic mass is 15.3. The first kappa shape index (κ1) is 15.6. The summed E-state index contributed by atoms with van der Waals surface area (Å²) in [5.74, 6) is 0.714. The van der Waals surface area contributed by atoms with Gasteiger partial charge in [0, 0.05) is 12.2 Å². The standard InChI is InChI=1S/C17H31N3/c1-4-18-17(14(2)3)11-7-8-15-12-13-20(19-15)16-9-5-6-10-16/h12-14,16-18H,4-11H2,1-3H3. The van der Waals surface area contributed by atoms with E-state index in [1.54, 1.807) is 0 Å². The first-order valence-corrected chi connectivity index (χ1v) is 8.48. The molecule has 1 aliphatic carbocycles. The SMILES string of the molecule is CCNC(CCCc1ccn(C2CCCC2)n1)C(C)C. The van der Waals surface area contributed by atoms with Gasteiger partial charge in [0.25, 0.3) is 0 Å². The average molecular weight is 277 g/mol. The average Bonchev–Trinajstić information content (AvgIpc) is 3.08. The van der Waals surface area contributed by atoms with Crippen molar-refractivity contribution in [3.05, 3.63) is 18.0 Å². The summed E-state index contributed by atoms with van der Waals surface area (Å²) in [6, 6.07) is 3.54. The van der Waals surface area contributed by atoms with E-state index in [1.807, 2.05) is 0 Å². The topological polar surface area (TPSA) is 29.9 Å². The molecule has 1 saturated carbocycles. The maximum atomic E-state index is 4.78. The number of rotatable bonds is 8. The van der Waals surface area contributed by atoms with Crippen LogP contribution in [0.2, 0.25) is 0 Å². The molecule has 1 heterocycles. The lowest BCUT2D eigenvalue weighted by atomic mass is 9.98. The maximum Gasteiger partial charge on any atom is 0.0624 e. The molecule has 1 atom stereocenters. The fourth-order valence-corrected chi connectivity index (χ4v) is 3.32. The van der Waals surface area contributed by atoms with Crippen LogP contribution in [0.25, 0.3) is 0 Å². The lowest BCUT2D eigenvalue weighted by molar-refractivity contribution is 0.376. The predicted molar refractivity (Wildman–Crippen MR) is 85.0 cm³/mol. The summed E-state index contributed by atoms with van der Waals surface area (Å²) in [4.78, 5) is 0. The Bertz CT molecular complexity index is 377. The molecule has 3 heteroatoms. The van der Waals surface area contributed by atoms with E-state index in [-0.39, 0.29) is 0 Å². The molecule has 1 aromatic heterocycles. The Morgan fingerprint density at radius 3 is 2.75 bits per heavy atom. The lowest BCUT2D eigenvalue weighted by Crippen LogP contribution is -2.33. The third-order valence-corrected chi connectivity index (χ3v) is 4.58. The van der Waals surface area contributed by atoms with Gasteiger partial charge in [0.2, 0.25) is 0 Å². The fourth-order valence-electron chi connectivity index (χ4n) is 3.32. The number of hydrogen-bond acceptors (Lipinski definition) is 2. The van der Waals surface area contributed by atoms with Crippen molar-refractivity contribution in [2.24, 2.45) is 5.92 Å². The van der Waals surface area contributed by atoms with Crippen molar-refractivity contribution in [3.63, 3.8) is 0 Å². The number of hydrogen-bond donors (Lipinski definition) is 1. The molecule has 2 rings (SSSR count). The van der Waals surface area contributed by atoms with E-state index in [4.69, 9.17) is 5.10 Å². The maximum absolute atomic E-state index is 4.78. The molecule has 0 saturated heterocycles. The molecule has 1 aromatic rings. The summed E-state index contributed by atoms with van der Waals surface area (Å²) < 4.78 is 2.21. The van der Waals surface area contributed by atoms with Crippen LogP contribution in [0, 0.1) is 5.92 Å². The van der Waals surface area contributed by atoms with Crippen molar-refractivity contribution >= 4 is 0 Å². The van der Waals surface area contributed by atoms with Crippen molar-refractivity contribution in [2.75, 3.05) is 6.54 Å². The Kier molecular flexibility index (Phi) is 6.08. The Morgan fingerprint density at radius 2 is 2.10 bits per heavy atom. The summed E-state index contributed by atoms with van der Waals surface area (Å²) >= 11 is 0. The Morgan fingerprint density at radius 1 is 1.35 bits per heavy atom. The molecule has 0 spiro atoms. The number of aromatic nitrogens is 2. The Labute approximate surface area is 124 Å². The Balaban J connectivity index is 1.76. The normalized spacial score (nSPS) is 18.0. The summed E-state index contributed by atoms with van der Waals surface area (Å²) in [5.41, 5.74) is 1.27. The van der Waals surface area contributed by atoms with Gasteiger partial charge in [-0.2, -0.15) is 5.10 Å². The molecular weight excluding hydrogens is 246 g/mol. The summed E-state index contributed by atoms with van der Waals surface area (Å²) in [6.45, 7) is 7.88. The van der Waals surface area contributed by atoms with Crippen molar-refractivity contribution in [3.8, 4) is 0 Å². The molecule has 20 heavy (non-hydrogen) atoms. The molecule has 0 bridgehead atoms. The monoisotopic (exact) mass is 277 g/mol. The summed E-state index contributed by atoms with van der Waals surface area (Å²) in [7, 11) is 0.